The first-order valence-corrected chi connectivity index (χ1v) is 8.34. The van der Waals surface area contributed by atoms with Crippen LogP contribution in [0.4, 0.5) is 0 Å². The van der Waals surface area contributed by atoms with E-state index < -0.39 is 0 Å². The Labute approximate surface area is 114 Å². The first kappa shape index (κ1) is 14.4. The lowest BCUT2D eigenvalue weighted by molar-refractivity contribution is 0.155. The SMILES string of the molecule is CC(C)C1CCCCC1NC1CCC(C)C(C)C1. The fourth-order valence-corrected chi connectivity index (χ4v) is 4.17. The molecule has 0 heterocycles. The fraction of sp³-hybridized carbons (Fsp3) is 1.00. The maximum atomic E-state index is 4.04. The molecule has 2 fully saturated rings. The van der Waals surface area contributed by atoms with Crippen molar-refractivity contribution in [2.75, 3.05) is 0 Å². The van der Waals surface area contributed by atoms with Crippen LogP contribution in [0.25, 0.3) is 0 Å². The largest absolute Gasteiger partial charge is 0.311 e. The quantitative estimate of drug-likeness (QED) is 0.772. The molecule has 0 aliphatic heterocycles. The van der Waals surface area contributed by atoms with Gasteiger partial charge in [-0.2, -0.15) is 0 Å². The van der Waals surface area contributed by atoms with Gasteiger partial charge in [0.1, 0.15) is 0 Å². The van der Waals surface area contributed by atoms with E-state index in [4.69, 9.17) is 0 Å². The van der Waals surface area contributed by atoms with Gasteiger partial charge in [0.05, 0.1) is 0 Å². The van der Waals surface area contributed by atoms with Crippen molar-refractivity contribution in [2.24, 2.45) is 23.7 Å². The van der Waals surface area contributed by atoms with E-state index in [0.29, 0.717) is 0 Å². The van der Waals surface area contributed by atoms with Crippen LogP contribution in [0.5, 0.6) is 0 Å². The van der Waals surface area contributed by atoms with Crippen molar-refractivity contribution in [3.63, 3.8) is 0 Å². The van der Waals surface area contributed by atoms with Gasteiger partial charge in [-0.3, -0.25) is 0 Å². The summed E-state index contributed by atoms with van der Waals surface area (Å²) in [5.41, 5.74) is 0. The molecular weight excluding hydrogens is 218 g/mol. The highest BCUT2D eigenvalue weighted by Gasteiger charge is 2.31. The monoisotopic (exact) mass is 251 g/mol. The summed E-state index contributed by atoms with van der Waals surface area (Å²) in [5, 5.41) is 4.04. The van der Waals surface area contributed by atoms with Crippen molar-refractivity contribution in [2.45, 2.75) is 84.7 Å². The molecule has 2 aliphatic carbocycles. The minimum Gasteiger partial charge on any atom is -0.311 e. The Morgan fingerprint density at radius 2 is 1.61 bits per heavy atom. The van der Waals surface area contributed by atoms with Crippen molar-refractivity contribution in [3.05, 3.63) is 0 Å². The van der Waals surface area contributed by atoms with Gasteiger partial charge in [-0.15, -0.1) is 0 Å². The number of hydrogen-bond donors (Lipinski definition) is 1. The second-order valence-corrected chi connectivity index (χ2v) is 7.43. The normalized spacial score (nSPS) is 42.2. The second kappa shape index (κ2) is 6.41. The van der Waals surface area contributed by atoms with Gasteiger partial charge in [-0.1, -0.05) is 40.5 Å². The van der Waals surface area contributed by atoms with Crippen LogP contribution in [-0.4, -0.2) is 12.1 Å². The maximum absolute atomic E-state index is 4.04. The minimum atomic E-state index is 0.806. The molecule has 1 heteroatoms. The van der Waals surface area contributed by atoms with Gasteiger partial charge in [0, 0.05) is 12.1 Å². The lowest BCUT2D eigenvalue weighted by Crippen LogP contribution is -2.48. The third-order valence-corrected chi connectivity index (χ3v) is 5.72. The van der Waals surface area contributed by atoms with E-state index in [-0.39, 0.29) is 0 Å². The van der Waals surface area contributed by atoms with Crippen LogP contribution in [0.15, 0.2) is 0 Å². The second-order valence-electron chi connectivity index (χ2n) is 7.43. The predicted octanol–water partition coefficient (Wildman–Crippen LogP) is 4.62. The van der Waals surface area contributed by atoms with Crippen LogP contribution >= 0.6 is 0 Å². The zero-order valence-corrected chi connectivity index (χ0v) is 12.9. The smallest absolute Gasteiger partial charge is 0.0100 e. The highest BCUT2D eigenvalue weighted by Crippen LogP contribution is 2.34. The third-order valence-electron chi connectivity index (χ3n) is 5.72. The molecule has 2 saturated carbocycles. The van der Waals surface area contributed by atoms with E-state index in [1.54, 1.807) is 0 Å². The molecule has 5 unspecified atom stereocenters. The zero-order valence-electron chi connectivity index (χ0n) is 12.9. The van der Waals surface area contributed by atoms with Crippen LogP contribution in [0.3, 0.4) is 0 Å². The molecular formula is C17H33N. The van der Waals surface area contributed by atoms with Gasteiger partial charge < -0.3 is 5.32 Å². The van der Waals surface area contributed by atoms with Crippen molar-refractivity contribution < 1.29 is 0 Å². The van der Waals surface area contributed by atoms with E-state index in [2.05, 4.69) is 33.0 Å². The minimum absolute atomic E-state index is 0.806. The molecule has 0 aromatic rings. The molecule has 0 amide bonds. The number of nitrogens with one attached hydrogen (secondary N) is 1. The van der Waals surface area contributed by atoms with Crippen LogP contribution in [-0.2, 0) is 0 Å². The first-order valence-electron chi connectivity index (χ1n) is 8.34. The van der Waals surface area contributed by atoms with E-state index in [1.807, 2.05) is 0 Å². The Kier molecular flexibility index (Phi) is 5.12. The summed E-state index contributed by atoms with van der Waals surface area (Å²) < 4.78 is 0. The summed E-state index contributed by atoms with van der Waals surface area (Å²) in [6.45, 7) is 9.70. The Morgan fingerprint density at radius 3 is 2.28 bits per heavy atom. The van der Waals surface area contributed by atoms with Crippen LogP contribution in [0.1, 0.15) is 72.6 Å². The Morgan fingerprint density at radius 1 is 0.889 bits per heavy atom. The number of hydrogen-bond acceptors (Lipinski definition) is 1. The van der Waals surface area contributed by atoms with Crippen molar-refractivity contribution in [1.82, 2.24) is 5.32 Å². The lowest BCUT2D eigenvalue weighted by atomic mass is 9.75. The lowest BCUT2D eigenvalue weighted by Gasteiger charge is -2.40. The van der Waals surface area contributed by atoms with Crippen LogP contribution < -0.4 is 5.32 Å². The molecule has 0 aromatic heterocycles. The standard InChI is InChI=1S/C17H33N/c1-12(2)16-7-5-6-8-17(16)18-15-10-9-13(3)14(4)11-15/h12-18H,5-11H2,1-4H3. The molecule has 106 valence electrons. The zero-order chi connectivity index (χ0) is 13.1. The highest BCUT2D eigenvalue weighted by atomic mass is 15.0. The average Bonchev–Trinajstić information content (AvgIpc) is 2.34. The van der Waals surface area contributed by atoms with Gasteiger partial charge in [0.25, 0.3) is 0 Å². The Bertz CT molecular complexity index is 248. The van der Waals surface area contributed by atoms with E-state index in [0.717, 1.165) is 35.8 Å². The molecule has 1 nitrogen and oxygen atoms in total. The topological polar surface area (TPSA) is 12.0 Å². The van der Waals surface area contributed by atoms with Gasteiger partial charge in [-0.05, 0) is 55.8 Å². The van der Waals surface area contributed by atoms with E-state index >= 15 is 0 Å². The summed E-state index contributed by atoms with van der Waals surface area (Å²) in [4.78, 5) is 0. The summed E-state index contributed by atoms with van der Waals surface area (Å²) >= 11 is 0. The predicted molar refractivity (Wildman–Crippen MR) is 79.7 cm³/mol. The molecule has 0 radical (unpaired) electrons. The Balaban J connectivity index is 1.87. The van der Waals surface area contributed by atoms with Crippen molar-refractivity contribution in [1.29, 1.82) is 0 Å². The summed E-state index contributed by atoms with van der Waals surface area (Å²) in [6, 6.07) is 1.62. The van der Waals surface area contributed by atoms with E-state index in [1.165, 1.54) is 44.9 Å². The molecule has 2 rings (SSSR count). The molecule has 0 spiro atoms. The molecule has 1 N–H and O–H groups in total. The van der Waals surface area contributed by atoms with Crippen molar-refractivity contribution >= 4 is 0 Å². The average molecular weight is 251 g/mol. The van der Waals surface area contributed by atoms with Crippen LogP contribution in [0.2, 0.25) is 0 Å². The molecule has 0 saturated heterocycles. The third kappa shape index (κ3) is 3.50. The number of rotatable bonds is 3. The van der Waals surface area contributed by atoms with Gasteiger partial charge in [-0.25, -0.2) is 0 Å². The summed E-state index contributed by atoms with van der Waals surface area (Å²) in [5.74, 6) is 3.63. The van der Waals surface area contributed by atoms with E-state index in [9.17, 15) is 0 Å². The molecule has 5 atom stereocenters. The van der Waals surface area contributed by atoms with Crippen LogP contribution in [0, 0.1) is 23.7 Å². The Hall–Kier alpha value is -0.0400. The van der Waals surface area contributed by atoms with Crippen molar-refractivity contribution in [3.8, 4) is 0 Å². The highest BCUT2D eigenvalue weighted by molar-refractivity contribution is 4.88. The molecule has 0 bridgehead atoms. The fourth-order valence-electron chi connectivity index (χ4n) is 4.17. The first-order chi connectivity index (χ1) is 8.58. The van der Waals surface area contributed by atoms with Gasteiger partial charge in [0.15, 0.2) is 0 Å². The molecule has 18 heavy (non-hydrogen) atoms. The summed E-state index contributed by atoms with van der Waals surface area (Å²) in [7, 11) is 0. The molecule has 2 aliphatic rings. The maximum Gasteiger partial charge on any atom is 0.0100 e. The summed E-state index contributed by atoms with van der Waals surface area (Å²) in [6.07, 6.45) is 10.0. The van der Waals surface area contributed by atoms with Gasteiger partial charge >= 0.3 is 0 Å². The molecule has 0 aromatic carbocycles. The van der Waals surface area contributed by atoms with Gasteiger partial charge in [0.2, 0.25) is 0 Å².